The van der Waals surface area contributed by atoms with Gasteiger partial charge in [0.1, 0.15) is 0 Å². The fourth-order valence-electron chi connectivity index (χ4n) is 0.588. The summed E-state index contributed by atoms with van der Waals surface area (Å²) in [5, 5.41) is 0. The van der Waals surface area contributed by atoms with Gasteiger partial charge >= 0.3 is 11.7 Å². The Morgan fingerprint density at radius 1 is 1.67 bits per heavy atom. The molecule has 0 aromatic heterocycles. The Labute approximate surface area is 72.2 Å². The molecule has 12 heavy (non-hydrogen) atoms. The lowest BCUT2D eigenvalue weighted by molar-refractivity contribution is -0.138. The van der Waals surface area contributed by atoms with Gasteiger partial charge in [-0.2, -0.15) is 0 Å². The Kier molecular flexibility index (Phi) is 4.54. The summed E-state index contributed by atoms with van der Waals surface area (Å²) in [7, 11) is 3.54. The Bertz CT molecular complexity index is 226. The molecule has 0 rings (SSSR count). The van der Waals surface area contributed by atoms with Crippen LogP contribution < -0.4 is 0 Å². The van der Waals surface area contributed by atoms with Gasteiger partial charge in [0.05, 0.1) is 12.8 Å². The van der Waals surface area contributed by atoms with Crippen molar-refractivity contribution < 1.29 is 9.53 Å². The second-order valence-electron chi connectivity index (χ2n) is 2.33. The minimum atomic E-state index is -0.506. The predicted octanol–water partition coefficient (Wildman–Crippen LogP) is 0.915. The van der Waals surface area contributed by atoms with Crippen LogP contribution in [-0.2, 0) is 9.53 Å². The summed E-state index contributed by atoms with van der Waals surface area (Å²) in [6.45, 7) is 7.02. The molecule has 4 heteroatoms. The van der Waals surface area contributed by atoms with Crippen LogP contribution in [0.3, 0.4) is 0 Å². The molecule has 0 aliphatic heterocycles. The van der Waals surface area contributed by atoms with Gasteiger partial charge in [0.25, 0.3) is 6.57 Å². The summed E-state index contributed by atoms with van der Waals surface area (Å²) >= 11 is 0. The molecule has 0 radical (unpaired) electrons. The molecule has 0 aromatic carbocycles. The van der Waals surface area contributed by atoms with Crippen LogP contribution in [-0.4, -0.2) is 31.6 Å². The van der Waals surface area contributed by atoms with Crippen molar-refractivity contribution in [3.8, 4) is 6.57 Å². The Morgan fingerprint density at radius 3 is 2.58 bits per heavy atom. The predicted molar refractivity (Wildman–Crippen MR) is 46.7 cm³/mol. The van der Waals surface area contributed by atoms with E-state index in [1.165, 1.54) is 6.20 Å². The highest BCUT2D eigenvalue weighted by Gasteiger charge is 2.20. The quantitative estimate of drug-likeness (QED) is 0.465. The number of ether oxygens (including phenoxy) is 1. The lowest BCUT2D eigenvalue weighted by Gasteiger charge is -2.00. The Hall–Kier alpha value is -1.50. The van der Waals surface area contributed by atoms with Crippen LogP contribution in [0, 0.1) is 6.57 Å². The van der Waals surface area contributed by atoms with Crippen LogP contribution in [0.4, 0.5) is 0 Å². The topological polar surface area (TPSA) is 33.9 Å². The molecule has 0 atom stereocenters. The maximum atomic E-state index is 11.0. The molecule has 0 spiro atoms. The first kappa shape index (κ1) is 10.5. The third-order valence-corrected chi connectivity index (χ3v) is 1.00. The van der Waals surface area contributed by atoms with Crippen molar-refractivity contribution in [1.82, 2.24) is 4.90 Å². The zero-order valence-corrected chi connectivity index (χ0v) is 7.57. The van der Waals surface area contributed by atoms with E-state index in [9.17, 15) is 4.79 Å². The van der Waals surface area contributed by atoms with Gasteiger partial charge in [0.2, 0.25) is 0 Å². The van der Waals surface area contributed by atoms with E-state index in [4.69, 9.17) is 6.57 Å². The number of nitrogens with zero attached hydrogens (tertiary/aromatic N) is 2. The maximum Gasteiger partial charge on any atom is 0.439 e. The van der Waals surface area contributed by atoms with E-state index < -0.39 is 5.97 Å². The molecule has 0 fully saturated rings. The van der Waals surface area contributed by atoms with E-state index in [-0.39, 0.29) is 5.70 Å². The van der Waals surface area contributed by atoms with Crippen LogP contribution in [0.25, 0.3) is 4.85 Å². The molecule has 0 bridgehead atoms. The van der Waals surface area contributed by atoms with Crippen LogP contribution in [0.15, 0.2) is 11.9 Å². The lowest BCUT2D eigenvalue weighted by atomic mass is 10.5. The maximum absolute atomic E-state index is 11.0. The molecule has 4 nitrogen and oxygen atoms in total. The monoisotopic (exact) mass is 169 g/mol. The highest BCUT2D eigenvalue weighted by molar-refractivity contribution is 5.90. The van der Waals surface area contributed by atoms with Crippen molar-refractivity contribution in [2.45, 2.75) is 6.92 Å². The van der Waals surface area contributed by atoms with Crippen molar-refractivity contribution in [2.75, 3.05) is 20.7 Å². The summed E-state index contributed by atoms with van der Waals surface area (Å²) in [6.07, 6.45) is 1.50. The van der Waals surface area contributed by atoms with Crippen molar-refractivity contribution in [3.63, 3.8) is 0 Å². The summed E-state index contributed by atoms with van der Waals surface area (Å²) in [4.78, 5) is 16.0. The molecule has 0 amide bonds. The van der Waals surface area contributed by atoms with Gasteiger partial charge in [-0.3, -0.25) is 0 Å². The molecule has 0 heterocycles. The van der Waals surface area contributed by atoms with Crippen molar-refractivity contribution in [2.24, 2.45) is 0 Å². The molecule has 0 aliphatic carbocycles. The van der Waals surface area contributed by atoms with Gasteiger partial charge < -0.3 is 9.64 Å². The molecule has 0 unspecified atom stereocenters. The first-order valence-electron chi connectivity index (χ1n) is 3.58. The van der Waals surface area contributed by atoms with E-state index in [1.807, 2.05) is 0 Å². The van der Waals surface area contributed by atoms with Crippen LogP contribution in [0.5, 0.6) is 0 Å². The molecular weight excluding hydrogens is 156 g/mol. The fraction of sp³-hybridized carbons (Fsp3) is 0.500. The SMILES string of the molecule is C#[N+]C(=CN(C)C)C(=O)OCC. The molecule has 0 N–H and O–H groups in total. The average Bonchev–Trinajstić information content (AvgIpc) is 2.00. The minimum Gasteiger partial charge on any atom is -0.457 e. The summed E-state index contributed by atoms with van der Waals surface area (Å²) in [5.41, 5.74) is 0.113. The molecule has 0 saturated heterocycles. The second kappa shape index (κ2) is 5.19. The van der Waals surface area contributed by atoms with Gasteiger partial charge in [-0.25, -0.2) is 4.79 Å². The number of carbonyl (C=O) groups is 1. The van der Waals surface area contributed by atoms with Crippen molar-refractivity contribution in [3.05, 3.63) is 16.7 Å². The van der Waals surface area contributed by atoms with Crippen LogP contribution >= 0.6 is 0 Å². The summed E-state index contributed by atoms with van der Waals surface area (Å²) in [5.74, 6) is -0.506. The van der Waals surface area contributed by atoms with Crippen LogP contribution in [0.2, 0.25) is 0 Å². The molecule has 0 aromatic rings. The van der Waals surface area contributed by atoms with Crippen molar-refractivity contribution >= 4 is 5.97 Å². The van der Waals surface area contributed by atoms with Crippen LogP contribution in [0.1, 0.15) is 6.92 Å². The number of hydrogen-bond acceptors (Lipinski definition) is 3. The third kappa shape index (κ3) is 3.62. The zero-order chi connectivity index (χ0) is 9.56. The van der Waals surface area contributed by atoms with Gasteiger partial charge in [0, 0.05) is 14.1 Å². The third-order valence-electron chi connectivity index (χ3n) is 1.00. The minimum absolute atomic E-state index is 0.113. The number of hydrogen-bond donors (Lipinski definition) is 0. The van der Waals surface area contributed by atoms with Gasteiger partial charge in [-0.05, 0) is 11.8 Å². The van der Waals surface area contributed by atoms with E-state index in [0.717, 1.165) is 0 Å². The normalized spacial score (nSPS) is 10.3. The van der Waals surface area contributed by atoms with Gasteiger partial charge in [-0.15, -0.1) is 0 Å². The van der Waals surface area contributed by atoms with E-state index >= 15 is 0 Å². The molecule has 66 valence electrons. The van der Waals surface area contributed by atoms with Gasteiger partial charge in [-0.1, -0.05) is 0 Å². The van der Waals surface area contributed by atoms with Gasteiger partial charge in [0.15, 0.2) is 0 Å². The smallest absolute Gasteiger partial charge is 0.439 e. The first-order chi connectivity index (χ1) is 5.61. The highest BCUT2D eigenvalue weighted by Crippen LogP contribution is 2.00. The Morgan fingerprint density at radius 2 is 2.25 bits per heavy atom. The average molecular weight is 169 g/mol. The lowest BCUT2D eigenvalue weighted by Crippen LogP contribution is -2.10. The van der Waals surface area contributed by atoms with E-state index in [0.29, 0.717) is 6.61 Å². The summed E-state index contributed by atoms with van der Waals surface area (Å²) < 4.78 is 4.69. The van der Waals surface area contributed by atoms with E-state index in [2.05, 4.69) is 9.58 Å². The Balaban J connectivity index is 4.37. The molecule has 0 saturated carbocycles. The first-order valence-corrected chi connectivity index (χ1v) is 3.58. The zero-order valence-electron chi connectivity index (χ0n) is 7.57. The highest BCUT2D eigenvalue weighted by atomic mass is 16.5. The fourth-order valence-corrected chi connectivity index (χ4v) is 0.588. The molecular formula is C8H13N2O2+. The summed E-state index contributed by atoms with van der Waals surface area (Å²) in [6, 6.07) is 0. The largest absolute Gasteiger partial charge is 0.457 e. The number of carbonyl (C=O) groups excluding carboxylic acids is 1. The van der Waals surface area contributed by atoms with Crippen molar-refractivity contribution in [1.29, 1.82) is 0 Å². The number of rotatable bonds is 3. The number of esters is 1. The van der Waals surface area contributed by atoms with E-state index in [1.54, 1.807) is 25.9 Å². The molecule has 0 aliphatic rings. The second-order valence-corrected chi connectivity index (χ2v) is 2.33. The standard InChI is InChI=1S/C8H13N2O2/c1-5-12-8(11)7(9-2)6-10(3)4/h2,6H,5H2,1,3-4H3/q+1.